The van der Waals surface area contributed by atoms with Crippen LogP contribution in [0.25, 0.3) is 11.0 Å². The predicted octanol–water partition coefficient (Wildman–Crippen LogP) is 3.44. The van der Waals surface area contributed by atoms with Crippen LogP contribution in [0.1, 0.15) is 32.6 Å². The fourth-order valence-corrected chi connectivity index (χ4v) is 2.35. The number of aliphatic hydroxyl groups is 1. The molecule has 19 heavy (non-hydrogen) atoms. The summed E-state index contributed by atoms with van der Waals surface area (Å²) in [6, 6.07) is 9.78. The highest BCUT2D eigenvalue weighted by Crippen LogP contribution is 2.24. The lowest BCUT2D eigenvalue weighted by molar-refractivity contribution is 0.0928. The third-order valence-electron chi connectivity index (χ3n) is 3.27. The Bertz CT molecular complexity index is 485. The molecule has 3 heteroatoms. The molecule has 2 aromatic rings. The molecule has 1 atom stereocenters. The SMILES string of the molecule is CCN(CC(C)C)CC(O)c1cc2ccccc2o1. The molecule has 0 aliphatic rings. The van der Waals surface area contributed by atoms with Gasteiger partial charge in [-0.2, -0.15) is 0 Å². The lowest BCUT2D eigenvalue weighted by Gasteiger charge is -2.24. The van der Waals surface area contributed by atoms with E-state index in [-0.39, 0.29) is 0 Å². The number of rotatable bonds is 6. The average molecular weight is 261 g/mol. The summed E-state index contributed by atoms with van der Waals surface area (Å²) in [5, 5.41) is 11.3. The molecule has 1 heterocycles. The van der Waals surface area contributed by atoms with Crippen LogP contribution in [0.5, 0.6) is 0 Å². The molecule has 3 nitrogen and oxygen atoms in total. The zero-order valence-corrected chi connectivity index (χ0v) is 12.0. The summed E-state index contributed by atoms with van der Waals surface area (Å²) in [5.41, 5.74) is 0.837. The lowest BCUT2D eigenvalue weighted by Crippen LogP contribution is -2.31. The van der Waals surface area contributed by atoms with E-state index in [0.29, 0.717) is 18.2 Å². The number of furan rings is 1. The Balaban J connectivity index is 2.08. The van der Waals surface area contributed by atoms with Gasteiger partial charge in [-0.15, -0.1) is 0 Å². The van der Waals surface area contributed by atoms with E-state index in [0.717, 1.165) is 24.1 Å². The normalized spacial score (nSPS) is 13.6. The van der Waals surface area contributed by atoms with E-state index in [1.165, 1.54) is 0 Å². The summed E-state index contributed by atoms with van der Waals surface area (Å²) < 4.78 is 5.70. The number of nitrogens with zero attached hydrogens (tertiary/aromatic N) is 1. The molecule has 1 aromatic heterocycles. The van der Waals surface area contributed by atoms with Crippen LogP contribution >= 0.6 is 0 Å². The first kappa shape index (κ1) is 14.1. The largest absolute Gasteiger partial charge is 0.458 e. The molecule has 0 aliphatic heterocycles. The maximum absolute atomic E-state index is 10.3. The van der Waals surface area contributed by atoms with Gasteiger partial charge in [0.1, 0.15) is 17.4 Å². The third kappa shape index (κ3) is 3.58. The molecular formula is C16H23NO2. The van der Waals surface area contributed by atoms with Crippen LogP contribution < -0.4 is 0 Å². The Labute approximate surface area is 114 Å². The quantitative estimate of drug-likeness (QED) is 0.865. The molecule has 0 fully saturated rings. The highest BCUT2D eigenvalue weighted by atomic mass is 16.4. The van der Waals surface area contributed by atoms with Crippen molar-refractivity contribution in [1.82, 2.24) is 4.90 Å². The van der Waals surface area contributed by atoms with Gasteiger partial charge in [-0.1, -0.05) is 39.0 Å². The second-order valence-corrected chi connectivity index (χ2v) is 5.45. The highest BCUT2D eigenvalue weighted by Gasteiger charge is 2.17. The van der Waals surface area contributed by atoms with E-state index in [2.05, 4.69) is 25.7 Å². The minimum atomic E-state index is -0.564. The summed E-state index contributed by atoms with van der Waals surface area (Å²) in [4.78, 5) is 2.25. The Morgan fingerprint density at radius 3 is 2.58 bits per heavy atom. The molecule has 0 spiro atoms. The van der Waals surface area contributed by atoms with Gasteiger partial charge in [0.25, 0.3) is 0 Å². The monoisotopic (exact) mass is 261 g/mol. The minimum Gasteiger partial charge on any atom is -0.458 e. The molecule has 2 rings (SSSR count). The zero-order chi connectivity index (χ0) is 13.8. The minimum absolute atomic E-state index is 0.564. The van der Waals surface area contributed by atoms with Crippen molar-refractivity contribution in [2.45, 2.75) is 26.9 Å². The van der Waals surface area contributed by atoms with Gasteiger partial charge in [-0.3, -0.25) is 0 Å². The first-order valence-corrected chi connectivity index (χ1v) is 6.99. The molecule has 0 radical (unpaired) electrons. The van der Waals surface area contributed by atoms with Gasteiger partial charge in [0, 0.05) is 18.5 Å². The number of likely N-dealkylation sites (N-methyl/N-ethyl adjacent to an activating group) is 1. The van der Waals surface area contributed by atoms with Crippen molar-refractivity contribution in [3.05, 3.63) is 36.1 Å². The Morgan fingerprint density at radius 1 is 1.21 bits per heavy atom. The maximum atomic E-state index is 10.3. The number of fused-ring (bicyclic) bond motifs is 1. The van der Waals surface area contributed by atoms with Crippen molar-refractivity contribution in [1.29, 1.82) is 0 Å². The summed E-state index contributed by atoms with van der Waals surface area (Å²) in [6.07, 6.45) is -0.564. The highest BCUT2D eigenvalue weighted by molar-refractivity contribution is 5.77. The molecule has 0 saturated carbocycles. The topological polar surface area (TPSA) is 36.6 Å². The Morgan fingerprint density at radius 2 is 1.95 bits per heavy atom. The number of hydrogen-bond acceptors (Lipinski definition) is 3. The van der Waals surface area contributed by atoms with Crippen LogP contribution in [-0.4, -0.2) is 29.6 Å². The zero-order valence-electron chi connectivity index (χ0n) is 12.0. The van der Waals surface area contributed by atoms with Gasteiger partial charge >= 0.3 is 0 Å². The molecule has 1 N–H and O–H groups in total. The second kappa shape index (κ2) is 6.22. The number of hydrogen-bond donors (Lipinski definition) is 1. The van der Waals surface area contributed by atoms with Crippen LogP contribution in [0.3, 0.4) is 0 Å². The summed E-state index contributed by atoms with van der Waals surface area (Å²) in [6.45, 7) is 9.05. The maximum Gasteiger partial charge on any atom is 0.135 e. The van der Waals surface area contributed by atoms with Gasteiger partial charge < -0.3 is 14.4 Å². The standard InChI is InChI=1S/C16H23NO2/c1-4-17(10-12(2)3)11-14(18)16-9-13-7-5-6-8-15(13)19-16/h5-9,12,14,18H,4,10-11H2,1-3H3. The van der Waals surface area contributed by atoms with Crippen molar-refractivity contribution >= 4 is 11.0 Å². The van der Waals surface area contributed by atoms with Crippen LogP contribution in [0, 0.1) is 5.92 Å². The molecule has 0 saturated heterocycles. The van der Waals surface area contributed by atoms with Crippen molar-refractivity contribution in [2.24, 2.45) is 5.92 Å². The second-order valence-electron chi connectivity index (χ2n) is 5.45. The van der Waals surface area contributed by atoms with Gasteiger partial charge in [0.2, 0.25) is 0 Å². The van der Waals surface area contributed by atoms with E-state index in [4.69, 9.17) is 4.42 Å². The van der Waals surface area contributed by atoms with Crippen LogP contribution in [0.2, 0.25) is 0 Å². The third-order valence-corrected chi connectivity index (χ3v) is 3.27. The van der Waals surface area contributed by atoms with Crippen molar-refractivity contribution < 1.29 is 9.52 Å². The fourth-order valence-electron chi connectivity index (χ4n) is 2.35. The first-order valence-electron chi connectivity index (χ1n) is 6.99. The fraction of sp³-hybridized carbons (Fsp3) is 0.500. The predicted molar refractivity (Wildman–Crippen MR) is 78.1 cm³/mol. The number of aliphatic hydroxyl groups excluding tert-OH is 1. The van der Waals surface area contributed by atoms with Crippen LogP contribution in [-0.2, 0) is 0 Å². The Hall–Kier alpha value is -1.32. The van der Waals surface area contributed by atoms with Crippen molar-refractivity contribution in [3.8, 4) is 0 Å². The number of benzene rings is 1. The molecular weight excluding hydrogens is 238 g/mol. The average Bonchev–Trinajstić information content (AvgIpc) is 2.81. The van der Waals surface area contributed by atoms with Gasteiger partial charge in [0.15, 0.2) is 0 Å². The summed E-state index contributed by atoms with van der Waals surface area (Å²) in [5.74, 6) is 1.26. The summed E-state index contributed by atoms with van der Waals surface area (Å²) in [7, 11) is 0. The van der Waals surface area contributed by atoms with Gasteiger partial charge in [-0.05, 0) is 24.6 Å². The van der Waals surface area contributed by atoms with Crippen molar-refractivity contribution in [3.63, 3.8) is 0 Å². The van der Waals surface area contributed by atoms with E-state index < -0.39 is 6.10 Å². The first-order chi connectivity index (χ1) is 9.10. The van der Waals surface area contributed by atoms with Crippen LogP contribution in [0.15, 0.2) is 34.7 Å². The van der Waals surface area contributed by atoms with Crippen LogP contribution in [0.4, 0.5) is 0 Å². The molecule has 1 aromatic carbocycles. The van der Waals surface area contributed by atoms with E-state index in [1.807, 2.05) is 30.3 Å². The Kier molecular flexibility index (Phi) is 4.61. The molecule has 1 unspecified atom stereocenters. The smallest absolute Gasteiger partial charge is 0.135 e. The summed E-state index contributed by atoms with van der Waals surface area (Å²) >= 11 is 0. The van der Waals surface area contributed by atoms with E-state index >= 15 is 0 Å². The van der Waals surface area contributed by atoms with E-state index in [1.54, 1.807) is 0 Å². The molecule has 0 amide bonds. The molecule has 0 aliphatic carbocycles. The lowest BCUT2D eigenvalue weighted by atomic mass is 10.1. The molecule has 0 bridgehead atoms. The van der Waals surface area contributed by atoms with E-state index in [9.17, 15) is 5.11 Å². The van der Waals surface area contributed by atoms with Crippen molar-refractivity contribution in [2.75, 3.05) is 19.6 Å². The number of para-hydroxylation sites is 1. The molecule has 104 valence electrons. The van der Waals surface area contributed by atoms with Gasteiger partial charge in [0.05, 0.1) is 0 Å². The van der Waals surface area contributed by atoms with Gasteiger partial charge in [-0.25, -0.2) is 0 Å².